The number of benzene rings is 1. The molecule has 4 rings (SSSR count). The topological polar surface area (TPSA) is 80.9 Å². The Hall–Kier alpha value is -3.00. The fourth-order valence-corrected chi connectivity index (χ4v) is 3.37. The fraction of sp³-hybridized carbons (Fsp3) is 0.263. The van der Waals surface area contributed by atoms with E-state index in [-0.39, 0.29) is 0 Å². The molecule has 2 aromatic heterocycles. The molecule has 8 heteroatoms. The first-order valence-electron chi connectivity index (χ1n) is 8.63. The van der Waals surface area contributed by atoms with Crippen LogP contribution >= 0.6 is 11.3 Å². The van der Waals surface area contributed by atoms with Crippen molar-refractivity contribution in [3.05, 3.63) is 53.2 Å². The lowest BCUT2D eigenvalue weighted by atomic mass is 10.1. The number of hydrogen-bond donors (Lipinski definition) is 2. The molecule has 3 heterocycles. The molecule has 0 amide bonds. The lowest BCUT2D eigenvalue weighted by Gasteiger charge is -2.11. The highest BCUT2D eigenvalue weighted by atomic mass is 32.1. The van der Waals surface area contributed by atoms with Gasteiger partial charge in [-0.25, -0.2) is 4.98 Å². The van der Waals surface area contributed by atoms with Gasteiger partial charge in [-0.2, -0.15) is 0 Å². The van der Waals surface area contributed by atoms with Gasteiger partial charge in [0.15, 0.2) is 17.5 Å². The number of rotatable bonds is 6. The molecule has 0 radical (unpaired) electrons. The standard InChI is InChI=1S/C19H20N4O3S/c1-20-19(21-7-6-13-4-5-15-16(9-13)26-12-25-15)22-10-14-11-24-18(23-14)17-3-2-8-27-17/h2-5,8-9,11H,6-7,10,12H2,1H3,(H2,20,21,22). The summed E-state index contributed by atoms with van der Waals surface area (Å²) < 4.78 is 16.3. The SMILES string of the molecule is CN=C(NCCc1ccc2c(c1)OCO2)NCc1coc(-c2cccs2)n1. The molecule has 0 saturated carbocycles. The van der Waals surface area contributed by atoms with Gasteiger partial charge < -0.3 is 24.5 Å². The van der Waals surface area contributed by atoms with E-state index in [2.05, 4.69) is 20.6 Å². The zero-order chi connectivity index (χ0) is 18.5. The number of fused-ring (bicyclic) bond motifs is 1. The summed E-state index contributed by atoms with van der Waals surface area (Å²) in [7, 11) is 1.75. The molecule has 7 nitrogen and oxygen atoms in total. The molecule has 1 aliphatic rings. The number of hydrogen-bond acceptors (Lipinski definition) is 6. The Bertz CT molecular complexity index is 921. The minimum Gasteiger partial charge on any atom is -0.454 e. The normalized spacial score (nSPS) is 13.0. The van der Waals surface area contributed by atoms with Gasteiger partial charge >= 0.3 is 0 Å². The van der Waals surface area contributed by atoms with Gasteiger partial charge in [0.25, 0.3) is 0 Å². The summed E-state index contributed by atoms with van der Waals surface area (Å²) in [5.74, 6) is 2.98. The lowest BCUT2D eigenvalue weighted by Crippen LogP contribution is -2.37. The molecule has 3 aromatic rings. The van der Waals surface area contributed by atoms with E-state index in [9.17, 15) is 0 Å². The predicted octanol–water partition coefficient (Wildman–Crippen LogP) is 3.04. The molecular formula is C19H20N4O3S. The van der Waals surface area contributed by atoms with E-state index in [4.69, 9.17) is 13.9 Å². The highest BCUT2D eigenvalue weighted by molar-refractivity contribution is 7.13. The number of thiophene rings is 1. The molecule has 0 saturated heterocycles. The van der Waals surface area contributed by atoms with Crippen LogP contribution in [0.15, 0.2) is 51.4 Å². The zero-order valence-corrected chi connectivity index (χ0v) is 15.7. The van der Waals surface area contributed by atoms with Gasteiger partial charge in [-0.1, -0.05) is 12.1 Å². The molecule has 0 bridgehead atoms. The zero-order valence-electron chi connectivity index (χ0n) is 14.9. The Morgan fingerprint density at radius 3 is 3.00 bits per heavy atom. The van der Waals surface area contributed by atoms with Crippen molar-refractivity contribution in [2.75, 3.05) is 20.4 Å². The van der Waals surface area contributed by atoms with Crippen molar-refractivity contribution in [3.63, 3.8) is 0 Å². The Morgan fingerprint density at radius 1 is 1.22 bits per heavy atom. The number of aliphatic imine (C=N–C) groups is 1. The second-order valence-electron chi connectivity index (χ2n) is 5.91. The Balaban J connectivity index is 1.25. The summed E-state index contributed by atoms with van der Waals surface area (Å²) >= 11 is 1.61. The van der Waals surface area contributed by atoms with Gasteiger partial charge in [0, 0.05) is 13.6 Å². The second-order valence-corrected chi connectivity index (χ2v) is 6.86. The van der Waals surface area contributed by atoms with Gasteiger partial charge in [0.05, 0.1) is 17.1 Å². The van der Waals surface area contributed by atoms with Crippen LogP contribution in [0.5, 0.6) is 11.5 Å². The monoisotopic (exact) mass is 384 g/mol. The quantitative estimate of drug-likeness (QED) is 0.502. The van der Waals surface area contributed by atoms with Crippen LogP contribution in [0.4, 0.5) is 0 Å². The van der Waals surface area contributed by atoms with E-state index in [0.29, 0.717) is 19.2 Å². The maximum Gasteiger partial charge on any atom is 0.236 e. The molecule has 0 spiro atoms. The molecule has 27 heavy (non-hydrogen) atoms. The Morgan fingerprint density at radius 2 is 2.15 bits per heavy atom. The Kier molecular flexibility index (Phi) is 5.24. The van der Waals surface area contributed by atoms with Crippen molar-refractivity contribution in [2.24, 2.45) is 4.99 Å². The lowest BCUT2D eigenvalue weighted by molar-refractivity contribution is 0.174. The number of aromatic nitrogens is 1. The first-order valence-corrected chi connectivity index (χ1v) is 9.51. The molecular weight excluding hydrogens is 364 g/mol. The maximum absolute atomic E-state index is 5.53. The smallest absolute Gasteiger partial charge is 0.236 e. The van der Waals surface area contributed by atoms with E-state index in [1.54, 1.807) is 24.6 Å². The molecule has 0 atom stereocenters. The maximum atomic E-state index is 5.53. The molecule has 0 fully saturated rings. The van der Waals surface area contributed by atoms with Crippen molar-refractivity contribution < 1.29 is 13.9 Å². The summed E-state index contributed by atoms with van der Waals surface area (Å²) in [6.07, 6.45) is 2.52. The number of nitrogens with zero attached hydrogens (tertiary/aromatic N) is 2. The van der Waals surface area contributed by atoms with Crippen molar-refractivity contribution in [1.82, 2.24) is 15.6 Å². The molecule has 0 unspecified atom stereocenters. The number of oxazole rings is 1. The second kappa shape index (κ2) is 8.13. The van der Waals surface area contributed by atoms with Crippen LogP contribution in [0, 0.1) is 0 Å². The van der Waals surface area contributed by atoms with Crippen LogP contribution in [0.2, 0.25) is 0 Å². The molecule has 1 aromatic carbocycles. The Labute approximate surface area is 161 Å². The van der Waals surface area contributed by atoms with Crippen molar-refractivity contribution in [2.45, 2.75) is 13.0 Å². The van der Waals surface area contributed by atoms with Gasteiger partial charge in [-0.15, -0.1) is 11.3 Å². The van der Waals surface area contributed by atoms with Crippen molar-refractivity contribution in [1.29, 1.82) is 0 Å². The van der Waals surface area contributed by atoms with E-state index < -0.39 is 0 Å². The minimum absolute atomic E-state index is 0.295. The summed E-state index contributed by atoms with van der Waals surface area (Å²) in [5, 5.41) is 8.55. The van der Waals surface area contributed by atoms with Crippen LogP contribution in [0.3, 0.4) is 0 Å². The molecule has 140 valence electrons. The van der Waals surface area contributed by atoms with Crippen LogP contribution < -0.4 is 20.1 Å². The number of nitrogens with one attached hydrogen (secondary N) is 2. The van der Waals surface area contributed by atoms with Crippen molar-refractivity contribution >= 4 is 17.3 Å². The van der Waals surface area contributed by atoms with E-state index >= 15 is 0 Å². The van der Waals surface area contributed by atoms with Crippen LogP contribution in [0.25, 0.3) is 10.8 Å². The van der Waals surface area contributed by atoms with Gasteiger partial charge in [0.1, 0.15) is 6.26 Å². The van der Waals surface area contributed by atoms with Crippen LogP contribution in [-0.4, -0.2) is 31.3 Å². The summed E-state index contributed by atoms with van der Waals surface area (Å²) in [6.45, 7) is 1.58. The van der Waals surface area contributed by atoms with Crippen LogP contribution in [0.1, 0.15) is 11.3 Å². The summed E-state index contributed by atoms with van der Waals surface area (Å²) in [4.78, 5) is 9.76. The van der Waals surface area contributed by atoms with Crippen LogP contribution in [-0.2, 0) is 13.0 Å². The predicted molar refractivity (Wildman–Crippen MR) is 104 cm³/mol. The number of ether oxygens (including phenoxy) is 2. The van der Waals surface area contributed by atoms with Gasteiger partial charge in [-0.05, 0) is 35.6 Å². The van der Waals surface area contributed by atoms with Gasteiger partial charge in [0.2, 0.25) is 12.7 Å². The highest BCUT2D eigenvalue weighted by Crippen LogP contribution is 2.32. The summed E-state index contributed by atoms with van der Waals surface area (Å²) in [6, 6.07) is 9.98. The molecule has 1 aliphatic heterocycles. The van der Waals surface area contributed by atoms with E-state index in [1.807, 2.05) is 35.7 Å². The molecule has 0 aliphatic carbocycles. The average Bonchev–Trinajstić information content (AvgIpc) is 3.45. The first kappa shape index (κ1) is 17.4. The third-order valence-electron chi connectivity index (χ3n) is 4.09. The average molecular weight is 384 g/mol. The minimum atomic E-state index is 0.295. The first-order chi connectivity index (χ1) is 13.3. The largest absolute Gasteiger partial charge is 0.454 e. The molecule has 2 N–H and O–H groups in total. The highest BCUT2D eigenvalue weighted by Gasteiger charge is 2.13. The third-order valence-corrected chi connectivity index (χ3v) is 4.95. The number of guanidine groups is 1. The van der Waals surface area contributed by atoms with E-state index in [1.165, 1.54) is 5.56 Å². The third kappa shape index (κ3) is 4.22. The van der Waals surface area contributed by atoms with Crippen molar-refractivity contribution in [3.8, 4) is 22.3 Å². The van der Waals surface area contributed by atoms with E-state index in [0.717, 1.165) is 41.0 Å². The summed E-state index contributed by atoms with van der Waals surface area (Å²) in [5.41, 5.74) is 2.01. The van der Waals surface area contributed by atoms with Gasteiger partial charge in [-0.3, -0.25) is 4.99 Å². The fourth-order valence-electron chi connectivity index (χ4n) is 2.72.